The van der Waals surface area contributed by atoms with Crippen molar-refractivity contribution in [1.82, 2.24) is 10.2 Å². The molecule has 3 unspecified atom stereocenters. The minimum Gasteiger partial charge on any atom is -0.399 e. The van der Waals surface area contributed by atoms with Crippen LogP contribution in [0.3, 0.4) is 0 Å². The van der Waals surface area contributed by atoms with Crippen LogP contribution in [0.4, 0.5) is 0 Å². The summed E-state index contributed by atoms with van der Waals surface area (Å²) >= 11 is 6.02. The fraction of sp³-hybridized carbons (Fsp3) is 0.556. The Balaban J connectivity index is 1.80. The van der Waals surface area contributed by atoms with Crippen LogP contribution in [0.25, 0.3) is 0 Å². The number of fused-ring (bicyclic) bond motifs is 2. The van der Waals surface area contributed by atoms with Crippen LogP contribution in [0.15, 0.2) is 29.4 Å². The molecule has 0 radical (unpaired) electrons. The number of nitrogens with zero attached hydrogens (tertiary/aromatic N) is 2. The van der Waals surface area contributed by atoms with E-state index in [2.05, 4.69) is 27.3 Å². The van der Waals surface area contributed by atoms with Crippen molar-refractivity contribution in [2.45, 2.75) is 43.8 Å². The van der Waals surface area contributed by atoms with Crippen LogP contribution in [-0.4, -0.2) is 43.3 Å². The zero-order valence-corrected chi connectivity index (χ0v) is 14.9. The van der Waals surface area contributed by atoms with E-state index < -0.39 is 0 Å². The van der Waals surface area contributed by atoms with Gasteiger partial charge in [-0.15, -0.1) is 0 Å². The first-order valence-electron chi connectivity index (χ1n) is 8.43. The van der Waals surface area contributed by atoms with Crippen LogP contribution in [0, 0.1) is 5.92 Å². The molecule has 1 amide bonds. The predicted molar refractivity (Wildman–Crippen MR) is 95.1 cm³/mol. The summed E-state index contributed by atoms with van der Waals surface area (Å²) in [5.74, 6) is 0.183. The maximum absolute atomic E-state index is 12.2. The molecule has 0 saturated carbocycles. The number of carbonyl (C=O) groups is 1. The summed E-state index contributed by atoms with van der Waals surface area (Å²) in [6, 6.07) is 8.96. The SMILES string of the molecule is CO/N=C/C(=O)NC(c1ccc(Cl)cc1)C1CC2CCC(C1)N2C. The van der Waals surface area contributed by atoms with E-state index >= 15 is 0 Å². The maximum atomic E-state index is 12.2. The Kier molecular flexibility index (Phi) is 5.41. The third-order valence-electron chi connectivity index (χ3n) is 5.41. The molecule has 1 aromatic carbocycles. The zero-order valence-electron chi connectivity index (χ0n) is 14.1. The largest absolute Gasteiger partial charge is 0.399 e. The summed E-state index contributed by atoms with van der Waals surface area (Å²) in [7, 11) is 3.65. The Labute approximate surface area is 148 Å². The second-order valence-corrected chi connectivity index (χ2v) is 7.17. The number of benzene rings is 1. The van der Waals surface area contributed by atoms with Crippen LogP contribution in [0.1, 0.15) is 37.3 Å². The number of carbonyl (C=O) groups excluding carboxylic acids is 1. The number of halogens is 1. The van der Waals surface area contributed by atoms with Gasteiger partial charge in [0.2, 0.25) is 0 Å². The number of oxime groups is 1. The summed E-state index contributed by atoms with van der Waals surface area (Å²) < 4.78 is 0. The van der Waals surface area contributed by atoms with Gasteiger partial charge in [0, 0.05) is 17.1 Å². The van der Waals surface area contributed by atoms with Gasteiger partial charge in [-0.25, -0.2) is 0 Å². The monoisotopic (exact) mass is 349 g/mol. The van der Waals surface area contributed by atoms with E-state index in [9.17, 15) is 4.79 Å². The van der Waals surface area contributed by atoms with Crippen molar-refractivity contribution < 1.29 is 9.63 Å². The minimum absolute atomic E-state index is 0.0325. The summed E-state index contributed by atoms with van der Waals surface area (Å²) in [4.78, 5) is 19.3. The molecular formula is C18H24ClN3O2. The molecule has 1 aromatic rings. The number of piperidine rings is 1. The second-order valence-electron chi connectivity index (χ2n) is 6.74. The first-order valence-corrected chi connectivity index (χ1v) is 8.80. The molecule has 2 saturated heterocycles. The lowest BCUT2D eigenvalue weighted by atomic mass is 9.82. The highest BCUT2D eigenvalue weighted by Crippen LogP contribution is 2.42. The van der Waals surface area contributed by atoms with Gasteiger partial charge in [0.05, 0.1) is 6.04 Å². The van der Waals surface area contributed by atoms with Crippen molar-refractivity contribution in [3.05, 3.63) is 34.9 Å². The van der Waals surface area contributed by atoms with Crippen molar-refractivity contribution in [3.63, 3.8) is 0 Å². The van der Waals surface area contributed by atoms with Gasteiger partial charge in [-0.1, -0.05) is 28.9 Å². The van der Waals surface area contributed by atoms with Crippen LogP contribution < -0.4 is 5.32 Å². The van der Waals surface area contributed by atoms with Gasteiger partial charge in [0.25, 0.3) is 5.91 Å². The van der Waals surface area contributed by atoms with Crippen molar-refractivity contribution in [3.8, 4) is 0 Å². The molecule has 1 N–H and O–H groups in total. The van der Waals surface area contributed by atoms with E-state index in [4.69, 9.17) is 11.6 Å². The van der Waals surface area contributed by atoms with Crippen LogP contribution >= 0.6 is 11.6 Å². The average Bonchev–Trinajstić information content (AvgIpc) is 2.79. The number of nitrogens with one attached hydrogen (secondary N) is 1. The van der Waals surface area contributed by atoms with Crippen molar-refractivity contribution in [2.75, 3.05) is 14.2 Å². The molecule has 0 aliphatic carbocycles. The van der Waals surface area contributed by atoms with E-state index in [1.165, 1.54) is 26.2 Å². The van der Waals surface area contributed by atoms with Gasteiger partial charge in [0.15, 0.2) is 0 Å². The molecule has 2 aliphatic rings. The van der Waals surface area contributed by atoms with E-state index in [1.54, 1.807) is 0 Å². The van der Waals surface area contributed by atoms with Gasteiger partial charge in [-0.05, 0) is 56.3 Å². The predicted octanol–water partition coefficient (Wildman–Crippen LogP) is 3.00. The molecule has 3 atom stereocenters. The normalized spacial score (nSPS) is 28.0. The second kappa shape index (κ2) is 7.53. The molecular weight excluding hydrogens is 326 g/mol. The molecule has 130 valence electrons. The van der Waals surface area contributed by atoms with Gasteiger partial charge in [0.1, 0.15) is 13.3 Å². The quantitative estimate of drug-likeness (QED) is 0.656. The average molecular weight is 350 g/mol. The van der Waals surface area contributed by atoms with E-state index in [0.29, 0.717) is 23.0 Å². The first kappa shape index (κ1) is 17.2. The molecule has 6 heteroatoms. The van der Waals surface area contributed by atoms with Gasteiger partial charge in [-0.3, -0.25) is 4.79 Å². The lowest BCUT2D eigenvalue weighted by Crippen LogP contribution is -2.45. The lowest BCUT2D eigenvalue weighted by molar-refractivity contribution is -0.115. The number of hydrogen-bond acceptors (Lipinski definition) is 4. The molecule has 2 bridgehead atoms. The lowest BCUT2D eigenvalue weighted by Gasteiger charge is -2.40. The molecule has 0 spiro atoms. The number of hydrogen-bond donors (Lipinski definition) is 1. The molecule has 2 fully saturated rings. The van der Waals surface area contributed by atoms with E-state index in [0.717, 1.165) is 18.4 Å². The molecule has 3 rings (SSSR count). The van der Waals surface area contributed by atoms with Crippen molar-refractivity contribution in [2.24, 2.45) is 11.1 Å². The Morgan fingerprint density at radius 1 is 1.33 bits per heavy atom. The summed E-state index contributed by atoms with van der Waals surface area (Å²) in [6.07, 6.45) is 5.89. The summed E-state index contributed by atoms with van der Waals surface area (Å²) in [6.45, 7) is 0. The van der Waals surface area contributed by atoms with Gasteiger partial charge >= 0.3 is 0 Å². The fourth-order valence-corrected chi connectivity index (χ4v) is 4.29. The summed E-state index contributed by atoms with van der Waals surface area (Å²) in [5, 5.41) is 7.38. The minimum atomic E-state index is -0.233. The van der Waals surface area contributed by atoms with Crippen LogP contribution in [-0.2, 0) is 9.63 Å². The number of rotatable bonds is 5. The van der Waals surface area contributed by atoms with E-state index in [1.807, 2.05) is 24.3 Å². The van der Waals surface area contributed by atoms with Gasteiger partial charge in [-0.2, -0.15) is 0 Å². The topological polar surface area (TPSA) is 53.9 Å². The standard InChI is InChI=1S/C18H24ClN3O2/c1-22-15-7-8-16(22)10-13(9-15)18(21-17(23)11-20-24-2)12-3-5-14(19)6-4-12/h3-6,11,13,15-16,18H,7-10H2,1-2H3,(H,21,23)/b20-11+. The Morgan fingerprint density at radius 3 is 2.54 bits per heavy atom. The Hall–Kier alpha value is -1.59. The van der Waals surface area contributed by atoms with Crippen molar-refractivity contribution >= 4 is 23.7 Å². The third kappa shape index (κ3) is 3.73. The molecule has 5 nitrogen and oxygen atoms in total. The zero-order chi connectivity index (χ0) is 17.1. The molecule has 0 aromatic heterocycles. The van der Waals surface area contributed by atoms with Gasteiger partial charge < -0.3 is 15.1 Å². The van der Waals surface area contributed by atoms with Crippen molar-refractivity contribution in [1.29, 1.82) is 0 Å². The first-order chi connectivity index (χ1) is 11.6. The number of amides is 1. The van der Waals surface area contributed by atoms with Crippen LogP contribution in [0.5, 0.6) is 0 Å². The summed E-state index contributed by atoms with van der Waals surface area (Å²) in [5.41, 5.74) is 1.09. The fourth-order valence-electron chi connectivity index (χ4n) is 4.16. The Morgan fingerprint density at radius 2 is 1.96 bits per heavy atom. The highest BCUT2D eigenvalue weighted by Gasteiger charge is 2.41. The maximum Gasteiger partial charge on any atom is 0.266 e. The highest BCUT2D eigenvalue weighted by atomic mass is 35.5. The molecule has 24 heavy (non-hydrogen) atoms. The third-order valence-corrected chi connectivity index (χ3v) is 5.66. The smallest absolute Gasteiger partial charge is 0.266 e. The van der Waals surface area contributed by atoms with Crippen LogP contribution in [0.2, 0.25) is 5.02 Å². The van der Waals surface area contributed by atoms with E-state index in [-0.39, 0.29) is 11.9 Å². The molecule has 2 heterocycles. The molecule has 2 aliphatic heterocycles. The highest BCUT2D eigenvalue weighted by molar-refractivity contribution is 6.30. The Bertz CT molecular complexity index is 591.